The number of phenolic OH excluding ortho intramolecular Hbond substituents is 1. The summed E-state index contributed by atoms with van der Waals surface area (Å²) in [5.74, 6) is 0.0624. The number of hydrogen-bond donors (Lipinski definition) is 1. The number of aromatic hydroxyl groups is 1. The number of nitriles is 1. The van der Waals surface area contributed by atoms with E-state index in [1.54, 1.807) is 0 Å². The van der Waals surface area contributed by atoms with Gasteiger partial charge in [0.15, 0.2) is 0 Å². The van der Waals surface area contributed by atoms with E-state index >= 15 is 0 Å². The minimum Gasteiger partial charge on any atom is -0.744 e. The molecule has 5 rings (SSSR count). The van der Waals surface area contributed by atoms with Crippen LogP contribution in [0.2, 0.25) is 0 Å². The summed E-state index contributed by atoms with van der Waals surface area (Å²) < 4.78 is 33.8. The summed E-state index contributed by atoms with van der Waals surface area (Å²) in [5, 5.41) is 23.6. The molecular formula is C40H42NO4PS. The third-order valence-electron chi connectivity index (χ3n) is 8.08. The number of phenols is 1. The largest absolute Gasteiger partial charge is 0.744 e. The number of rotatable bonds is 6. The Bertz CT molecular complexity index is 1810. The molecule has 0 unspecified atom stereocenters. The van der Waals surface area contributed by atoms with Crippen LogP contribution in [0.3, 0.4) is 0 Å². The molecule has 0 atom stereocenters. The van der Waals surface area contributed by atoms with Crippen LogP contribution in [0.4, 0.5) is 0 Å². The highest BCUT2D eigenvalue weighted by atomic mass is 32.2. The SMILES string of the molecule is CC(C)(C)c1cc(S(=O)(=O)[O-])cc(C(C)(C)C)c1O.N#Cc1ccc(C[P+](c2ccccc2)(c2ccccc2)c2ccccc2)cc1. The molecule has 0 spiro atoms. The fourth-order valence-electron chi connectivity index (χ4n) is 5.62. The van der Waals surface area contributed by atoms with Crippen molar-refractivity contribution in [3.63, 3.8) is 0 Å². The summed E-state index contributed by atoms with van der Waals surface area (Å²) in [6.07, 6.45) is 0.927. The van der Waals surface area contributed by atoms with Gasteiger partial charge in [-0.1, -0.05) is 108 Å². The quantitative estimate of drug-likeness (QED) is 0.147. The minimum atomic E-state index is -4.55. The van der Waals surface area contributed by atoms with E-state index < -0.39 is 28.2 Å². The van der Waals surface area contributed by atoms with E-state index in [4.69, 9.17) is 5.26 Å². The van der Waals surface area contributed by atoms with E-state index in [-0.39, 0.29) is 10.6 Å². The normalized spacial score (nSPS) is 12.0. The van der Waals surface area contributed by atoms with Crippen LogP contribution in [0.1, 0.15) is 63.8 Å². The molecule has 0 amide bonds. The fraction of sp³-hybridized carbons (Fsp3) is 0.225. The number of nitrogens with zero attached hydrogens (tertiary/aromatic N) is 1. The van der Waals surface area contributed by atoms with Crippen LogP contribution in [0.25, 0.3) is 0 Å². The zero-order chi connectivity index (χ0) is 34.5. The Morgan fingerprint density at radius 1 is 0.660 bits per heavy atom. The van der Waals surface area contributed by atoms with Gasteiger partial charge in [0, 0.05) is 11.1 Å². The molecule has 0 bridgehead atoms. The minimum absolute atomic E-state index is 0.0624. The van der Waals surface area contributed by atoms with Crippen LogP contribution in [0.15, 0.2) is 132 Å². The second-order valence-corrected chi connectivity index (χ2v) is 18.5. The van der Waals surface area contributed by atoms with Crippen LogP contribution in [0.5, 0.6) is 5.75 Å². The Kier molecular flexibility index (Phi) is 10.8. The first-order valence-electron chi connectivity index (χ1n) is 15.5. The van der Waals surface area contributed by atoms with E-state index in [0.717, 1.165) is 6.16 Å². The average molecular weight is 664 g/mol. The first kappa shape index (κ1) is 35.6. The van der Waals surface area contributed by atoms with Crippen molar-refractivity contribution in [2.45, 2.75) is 63.4 Å². The smallest absolute Gasteiger partial charge is 0.124 e. The molecular weight excluding hydrogens is 621 g/mol. The topological polar surface area (TPSA) is 101 Å². The molecule has 0 aliphatic rings. The Labute approximate surface area is 280 Å². The standard InChI is InChI=1S/C26H21NP.C14H22O4S/c27-20-22-16-18-23(19-17-22)21-28(24-10-4-1-5-11-24,25-12-6-2-7-13-25)26-14-8-3-9-15-26;1-13(2,3)10-7-9(19(16,17)18)8-11(12(10)15)14(4,5)6/h1-19H,21H2;7-8,15H,1-6H3,(H,16,17,18)/q+1;/p-1. The molecule has 5 aromatic rings. The maximum absolute atomic E-state index is 11.3. The fourth-order valence-corrected chi connectivity index (χ4v) is 10.4. The Hall–Kier alpha value is -4.27. The monoisotopic (exact) mass is 663 g/mol. The molecule has 0 fully saturated rings. The lowest BCUT2D eigenvalue weighted by molar-refractivity contribution is 0.420. The van der Waals surface area contributed by atoms with Crippen LogP contribution in [-0.4, -0.2) is 18.1 Å². The van der Waals surface area contributed by atoms with Gasteiger partial charge in [0.05, 0.1) is 22.7 Å². The second kappa shape index (κ2) is 14.2. The molecule has 0 saturated carbocycles. The highest BCUT2D eigenvalue weighted by Crippen LogP contribution is 2.58. The Morgan fingerprint density at radius 2 is 1.02 bits per heavy atom. The summed E-state index contributed by atoms with van der Waals surface area (Å²) in [5.41, 5.74) is 1.98. The molecule has 0 radical (unpaired) electrons. The van der Waals surface area contributed by atoms with Crippen LogP contribution in [0, 0.1) is 11.3 Å². The van der Waals surface area contributed by atoms with Crippen molar-refractivity contribution >= 4 is 33.3 Å². The van der Waals surface area contributed by atoms with Gasteiger partial charge in [-0.05, 0) is 77.1 Å². The van der Waals surface area contributed by atoms with Gasteiger partial charge in [0.1, 0.15) is 39.0 Å². The van der Waals surface area contributed by atoms with Crippen LogP contribution < -0.4 is 15.9 Å². The van der Waals surface area contributed by atoms with Gasteiger partial charge in [-0.3, -0.25) is 0 Å². The van der Waals surface area contributed by atoms with Gasteiger partial charge in [0.25, 0.3) is 0 Å². The van der Waals surface area contributed by atoms with Gasteiger partial charge in [-0.15, -0.1) is 0 Å². The maximum atomic E-state index is 11.3. The van der Waals surface area contributed by atoms with Crippen molar-refractivity contribution < 1.29 is 18.1 Å². The van der Waals surface area contributed by atoms with E-state index in [1.807, 2.05) is 53.7 Å². The van der Waals surface area contributed by atoms with Crippen molar-refractivity contribution in [2.75, 3.05) is 0 Å². The molecule has 242 valence electrons. The first-order valence-corrected chi connectivity index (χ1v) is 18.8. The zero-order valence-corrected chi connectivity index (χ0v) is 29.5. The summed E-state index contributed by atoms with van der Waals surface area (Å²) in [6.45, 7) is 11.1. The molecule has 47 heavy (non-hydrogen) atoms. The number of benzene rings is 5. The summed E-state index contributed by atoms with van der Waals surface area (Å²) >= 11 is 0. The van der Waals surface area contributed by atoms with E-state index in [1.165, 1.54) is 33.6 Å². The lowest BCUT2D eigenvalue weighted by atomic mass is 9.79. The number of hydrogen-bond acceptors (Lipinski definition) is 5. The Morgan fingerprint density at radius 3 is 1.32 bits per heavy atom. The van der Waals surface area contributed by atoms with E-state index in [9.17, 15) is 18.1 Å². The summed E-state index contributed by atoms with van der Waals surface area (Å²) in [4.78, 5) is -0.292. The Balaban J connectivity index is 0.000000231. The third kappa shape index (κ3) is 8.37. The lowest BCUT2D eigenvalue weighted by Gasteiger charge is -2.28. The van der Waals surface area contributed by atoms with Crippen molar-refractivity contribution in [1.29, 1.82) is 5.26 Å². The van der Waals surface area contributed by atoms with E-state index in [0.29, 0.717) is 16.7 Å². The first-order chi connectivity index (χ1) is 22.1. The molecule has 0 saturated heterocycles. The molecule has 7 heteroatoms. The predicted molar refractivity (Wildman–Crippen MR) is 193 cm³/mol. The van der Waals surface area contributed by atoms with E-state index in [2.05, 4.69) is 109 Å². The van der Waals surface area contributed by atoms with Crippen molar-refractivity contribution in [3.8, 4) is 11.8 Å². The molecule has 0 aliphatic carbocycles. The van der Waals surface area contributed by atoms with Gasteiger partial charge >= 0.3 is 0 Å². The maximum Gasteiger partial charge on any atom is 0.124 e. The third-order valence-corrected chi connectivity index (χ3v) is 13.3. The molecule has 0 heterocycles. The summed E-state index contributed by atoms with van der Waals surface area (Å²) in [7, 11) is -6.43. The molecule has 5 nitrogen and oxygen atoms in total. The molecule has 0 aliphatic heterocycles. The molecule has 5 aromatic carbocycles. The van der Waals surface area contributed by atoms with Gasteiger partial charge in [-0.25, -0.2) is 8.42 Å². The second-order valence-electron chi connectivity index (χ2n) is 13.6. The predicted octanol–water partition coefficient (Wildman–Crippen LogP) is 7.94. The van der Waals surface area contributed by atoms with Gasteiger partial charge in [0.2, 0.25) is 0 Å². The van der Waals surface area contributed by atoms with Crippen LogP contribution >= 0.6 is 7.26 Å². The highest BCUT2D eigenvalue weighted by molar-refractivity contribution is 7.95. The van der Waals surface area contributed by atoms with Gasteiger partial charge < -0.3 is 9.66 Å². The van der Waals surface area contributed by atoms with Gasteiger partial charge in [-0.2, -0.15) is 5.26 Å². The average Bonchev–Trinajstić information content (AvgIpc) is 3.04. The van der Waals surface area contributed by atoms with Crippen molar-refractivity contribution in [2.24, 2.45) is 0 Å². The van der Waals surface area contributed by atoms with Crippen molar-refractivity contribution in [3.05, 3.63) is 150 Å². The van der Waals surface area contributed by atoms with Crippen molar-refractivity contribution in [1.82, 2.24) is 0 Å². The van der Waals surface area contributed by atoms with Crippen LogP contribution in [-0.2, 0) is 27.1 Å². The highest BCUT2D eigenvalue weighted by Gasteiger charge is 2.45. The molecule has 0 aromatic heterocycles. The lowest BCUT2D eigenvalue weighted by Crippen LogP contribution is -2.32. The molecule has 1 N–H and O–H groups in total. The zero-order valence-electron chi connectivity index (χ0n) is 27.8. The summed E-state index contributed by atoms with van der Waals surface area (Å²) in [6, 6.07) is 45.4.